The van der Waals surface area contributed by atoms with Gasteiger partial charge < -0.3 is 5.32 Å². The molecule has 1 amide bonds. The van der Waals surface area contributed by atoms with Gasteiger partial charge in [0.2, 0.25) is 5.91 Å². The molecule has 0 spiro atoms. The van der Waals surface area contributed by atoms with Gasteiger partial charge in [-0.25, -0.2) is 8.42 Å². The summed E-state index contributed by atoms with van der Waals surface area (Å²) in [7, 11) is 1.23. The summed E-state index contributed by atoms with van der Waals surface area (Å²) in [5.41, 5.74) is 0. The van der Waals surface area contributed by atoms with E-state index in [0.29, 0.717) is 0 Å². The molecule has 0 rings (SSSR count). The number of amides is 1. The minimum absolute atomic E-state index is 0.420. The molecule has 0 fully saturated rings. The van der Waals surface area contributed by atoms with Crippen molar-refractivity contribution in [3.63, 3.8) is 0 Å². The molecule has 0 aliphatic rings. The second-order valence-electron chi connectivity index (χ2n) is 1.82. The van der Waals surface area contributed by atoms with Gasteiger partial charge in [-0.2, -0.15) is 0 Å². The number of carbonyl (C=O) groups excluding carboxylic acids is 1. The van der Waals surface area contributed by atoms with Gasteiger partial charge in [-0.3, -0.25) is 4.79 Å². The fourth-order valence-corrected chi connectivity index (χ4v) is 0.797. The predicted octanol–water partition coefficient (Wildman–Crippen LogP) is 0.0371. The zero-order valence-corrected chi connectivity index (χ0v) is 7.16. The van der Waals surface area contributed by atoms with Crippen molar-refractivity contribution in [2.45, 2.75) is 19.2 Å². The van der Waals surface area contributed by atoms with E-state index in [1.54, 1.807) is 0 Å². The van der Waals surface area contributed by atoms with Crippen LogP contribution in [0.1, 0.15) is 13.8 Å². The molecule has 0 aromatic heterocycles. The molecular weight excluding hydrogens is 178 g/mol. The summed E-state index contributed by atoms with van der Waals surface area (Å²) in [5, 5.41) is 1.10. The van der Waals surface area contributed by atoms with Crippen LogP contribution < -0.4 is 5.32 Å². The van der Waals surface area contributed by atoms with Crippen LogP contribution in [0.4, 0.5) is 0 Å². The Morgan fingerprint density at radius 1 is 1.60 bits per heavy atom. The standard InChI is InChI=1S/C4H8ClNO3S/c1-3(7)6-4(2)10(5,8)9/h4H,1-2H3,(H,6,7). The maximum Gasteiger partial charge on any atom is 0.253 e. The Hall–Kier alpha value is -0.290. The molecule has 0 aliphatic heterocycles. The lowest BCUT2D eigenvalue weighted by Gasteiger charge is -2.06. The normalized spacial score (nSPS) is 14.3. The summed E-state index contributed by atoms with van der Waals surface area (Å²) < 4.78 is 20.8. The average Bonchev–Trinajstić information content (AvgIpc) is 1.60. The second kappa shape index (κ2) is 3.21. The minimum atomic E-state index is -3.66. The molecule has 0 bridgehead atoms. The van der Waals surface area contributed by atoms with Gasteiger partial charge in [0.1, 0.15) is 5.37 Å². The molecule has 0 aromatic carbocycles. The smallest absolute Gasteiger partial charge is 0.253 e. The van der Waals surface area contributed by atoms with Crippen LogP contribution in [0.2, 0.25) is 0 Å². The molecule has 0 saturated carbocycles. The molecule has 4 nitrogen and oxygen atoms in total. The summed E-state index contributed by atoms with van der Waals surface area (Å²) in [5.74, 6) is -0.420. The van der Waals surface area contributed by atoms with E-state index < -0.39 is 20.3 Å². The Morgan fingerprint density at radius 2 is 2.00 bits per heavy atom. The first-order valence-electron chi connectivity index (χ1n) is 2.54. The lowest BCUT2D eigenvalue weighted by molar-refractivity contribution is -0.119. The van der Waals surface area contributed by atoms with E-state index in [2.05, 4.69) is 5.32 Å². The fourth-order valence-electron chi connectivity index (χ4n) is 0.357. The van der Waals surface area contributed by atoms with E-state index in [1.165, 1.54) is 13.8 Å². The third-order valence-corrected chi connectivity index (χ3v) is 2.59. The van der Waals surface area contributed by atoms with Crippen molar-refractivity contribution >= 4 is 25.6 Å². The Morgan fingerprint density at radius 3 is 2.10 bits per heavy atom. The highest BCUT2D eigenvalue weighted by Crippen LogP contribution is 2.02. The molecule has 0 heterocycles. The number of hydrogen-bond acceptors (Lipinski definition) is 3. The Kier molecular flexibility index (Phi) is 3.11. The monoisotopic (exact) mass is 185 g/mol. The molecule has 0 aromatic rings. The maximum absolute atomic E-state index is 10.4. The lowest BCUT2D eigenvalue weighted by atomic mass is 10.6. The van der Waals surface area contributed by atoms with Crippen LogP contribution in [0.3, 0.4) is 0 Å². The molecule has 0 aliphatic carbocycles. The van der Waals surface area contributed by atoms with Crippen molar-refractivity contribution in [1.82, 2.24) is 5.32 Å². The number of halogens is 1. The van der Waals surface area contributed by atoms with Gasteiger partial charge in [0.15, 0.2) is 0 Å². The molecule has 0 radical (unpaired) electrons. The summed E-state index contributed by atoms with van der Waals surface area (Å²) in [6.07, 6.45) is 0. The molecule has 6 heteroatoms. The van der Waals surface area contributed by atoms with Gasteiger partial charge in [-0.05, 0) is 6.92 Å². The quantitative estimate of drug-likeness (QED) is 0.618. The number of rotatable bonds is 2. The van der Waals surface area contributed by atoms with Crippen LogP contribution in [-0.4, -0.2) is 19.7 Å². The van der Waals surface area contributed by atoms with Crippen LogP contribution in [0.15, 0.2) is 0 Å². The molecule has 0 saturated heterocycles. The van der Waals surface area contributed by atoms with E-state index in [-0.39, 0.29) is 0 Å². The zero-order chi connectivity index (χ0) is 8.36. The first kappa shape index (κ1) is 9.71. The molecule has 60 valence electrons. The molecular formula is C4H8ClNO3S. The van der Waals surface area contributed by atoms with E-state index in [9.17, 15) is 13.2 Å². The van der Waals surface area contributed by atoms with E-state index in [4.69, 9.17) is 10.7 Å². The summed E-state index contributed by atoms with van der Waals surface area (Å²) >= 11 is 0. The fraction of sp³-hybridized carbons (Fsp3) is 0.750. The Bertz CT molecular complexity index is 223. The van der Waals surface area contributed by atoms with Crippen molar-refractivity contribution in [1.29, 1.82) is 0 Å². The van der Waals surface area contributed by atoms with Crippen molar-refractivity contribution < 1.29 is 13.2 Å². The maximum atomic E-state index is 10.4. The molecule has 1 N–H and O–H groups in total. The average molecular weight is 186 g/mol. The first-order valence-corrected chi connectivity index (χ1v) is 4.92. The SMILES string of the molecule is CC(=O)NC(C)S(=O)(=O)Cl. The van der Waals surface area contributed by atoms with Gasteiger partial charge in [0.25, 0.3) is 9.05 Å². The summed E-state index contributed by atoms with van der Waals surface area (Å²) in [4.78, 5) is 10.3. The van der Waals surface area contributed by atoms with Crippen molar-refractivity contribution in [2.24, 2.45) is 0 Å². The lowest BCUT2D eigenvalue weighted by Crippen LogP contribution is -2.34. The predicted molar refractivity (Wildman–Crippen MR) is 38.1 cm³/mol. The Balaban J connectivity index is 4.12. The topological polar surface area (TPSA) is 63.2 Å². The van der Waals surface area contributed by atoms with Crippen molar-refractivity contribution in [3.8, 4) is 0 Å². The molecule has 1 atom stereocenters. The minimum Gasteiger partial charge on any atom is -0.339 e. The third-order valence-electron chi connectivity index (χ3n) is 0.829. The largest absolute Gasteiger partial charge is 0.339 e. The summed E-state index contributed by atoms with van der Waals surface area (Å²) in [6.45, 7) is 2.52. The highest BCUT2D eigenvalue weighted by molar-refractivity contribution is 8.14. The zero-order valence-electron chi connectivity index (χ0n) is 5.59. The van der Waals surface area contributed by atoms with Gasteiger partial charge in [0, 0.05) is 17.6 Å². The number of nitrogens with one attached hydrogen (secondary N) is 1. The van der Waals surface area contributed by atoms with E-state index in [0.717, 1.165) is 0 Å². The van der Waals surface area contributed by atoms with Crippen LogP contribution >= 0.6 is 10.7 Å². The summed E-state index contributed by atoms with van der Waals surface area (Å²) in [6, 6.07) is 0. The van der Waals surface area contributed by atoms with E-state index >= 15 is 0 Å². The first-order chi connectivity index (χ1) is 4.34. The molecule has 10 heavy (non-hydrogen) atoms. The van der Waals surface area contributed by atoms with Crippen LogP contribution in [-0.2, 0) is 13.8 Å². The van der Waals surface area contributed by atoms with Gasteiger partial charge in [-0.15, -0.1) is 0 Å². The van der Waals surface area contributed by atoms with Crippen molar-refractivity contribution in [3.05, 3.63) is 0 Å². The van der Waals surface area contributed by atoms with Gasteiger partial charge in [0.05, 0.1) is 0 Å². The molecule has 1 unspecified atom stereocenters. The van der Waals surface area contributed by atoms with Crippen LogP contribution in [0, 0.1) is 0 Å². The van der Waals surface area contributed by atoms with Gasteiger partial charge in [-0.1, -0.05) is 0 Å². The highest BCUT2D eigenvalue weighted by atomic mass is 35.7. The number of carbonyl (C=O) groups is 1. The van der Waals surface area contributed by atoms with Crippen LogP contribution in [0.25, 0.3) is 0 Å². The highest BCUT2D eigenvalue weighted by Gasteiger charge is 2.17. The van der Waals surface area contributed by atoms with E-state index in [1.807, 2.05) is 0 Å². The third kappa shape index (κ3) is 3.68. The van der Waals surface area contributed by atoms with Crippen LogP contribution in [0.5, 0.6) is 0 Å². The van der Waals surface area contributed by atoms with Crippen molar-refractivity contribution in [2.75, 3.05) is 0 Å². The number of hydrogen-bond donors (Lipinski definition) is 1. The van der Waals surface area contributed by atoms with Gasteiger partial charge >= 0.3 is 0 Å². The second-order valence-corrected chi connectivity index (χ2v) is 4.77. The Labute approximate surface area is 64.0 Å².